The number of nitrogens with one attached hydrogen (secondary N) is 2. The lowest BCUT2D eigenvalue weighted by molar-refractivity contribution is 0.0666. The van der Waals surface area contributed by atoms with Gasteiger partial charge < -0.3 is 25.0 Å². The number of benzene rings is 1. The average molecular weight is 557 g/mol. The molecule has 4 aromatic heterocycles. The van der Waals surface area contributed by atoms with Gasteiger partial charge in [0.1, 0.15) is 5.65 Å². The van der Waals surface area contributed by atoms with Crippen LogP contribution < -0.4 is 10.2 Å². The fourth-order valence-electron chi connectivity index (χ4n) is 5.77. The van der Waals surface area contributed by atoms with Crippen molar-refractivity contribution in [1.82, 2.24) is 34.7 Å². The summed E-state index contributed by atoms with van der Waals surface area (Å²) in [6, 6.07) is 8.78. The fourth-order valence-corrected chi connectivity index (χ4v) is 5.77. The number of carbonyl (C=O) groups is 1. The van der Waals surface area contributed by atoms with Gasteiger partial charge in [-0.15, -0.1) is 0 Å². The van der Waals surface area contributed by atoms with Crippen LogP contribution in [0.4, 0.5) is 14.5 Å². The molecule has 2 fully saturated rings. The molecule has 0 aliphatic carbocycles. The van der Waals surface area contributed by atoms with E-state index >= 15 is 0 Å². The molecule has 41 heavy (non-hydrogen) atoms. The third-order valence-electron chi connectivity index (χ3n) is 8.18. The molecule has 0 spiro atoms. The van der Waals surface area contributed by atoms with Crippen LogP contribution in [0.5, 0.6) is 0 Å². The van der Waals surface area contributed by atoms with Crippen molar-refractivity contribution >= 4 is 28.1 Å². The molecule has 5 aromatic rings. The van der Waals surface area contributed by atoms with E-state index in [4.69, 9.17) is 0 Å². The maximum Gasteiger partial charge on any atom is 0.257 e. The van der Waals surface area contributed by atoms with Crippen LogP contribution >= 0.6 is 0 Å². The number of fused-ring (bicyclic) bond motifs is 2. The number of aromatic amines is 1. The number of H-pyrrole nitrogens is 1. The first-order valence-corrected chi connectivity index (χ1v) is 13.8. The van der Waals surface area contributed by atoms with E-state index in [0.29, 0.717) is 48.5 Å². The van der Waals surface area contributed by atoms with Crippen molar-refractivity contribution in [2.45, 2.75) is 0 Å². The second-order valence-electron chi connectivity index (χ2n) is 10.7. The molecule has 2 saturated heterocycles. The lowest BCUT2D eigenvalue weighted by Gasteiger charge is -2.32. The van der Waals surface area contributed by atoms with Gasteiger partial charge in [-0.25, -0.2) is 18.3 Å². The standard InChI is InChI=1S/C30H30F2N8O/c1-37-8-10-39(11-9-37)30(41)24-18-36-40-5-2-19(14-26(24)40)23-17-35-29-22(23)12-21(16-34-29)20-13-25(31)28(32)27(15-20)38-6-3-33-4-7-38/h2,5,12-18,33H,3-4,6-11H2,1H3,(H,34,35). The van der Waals surface area contributed by atoms with Crippen molar-refractivity contribution in [3.05, 3.63) is 72.3 Å². The van der Waals surface area contributed by atoms with Gasteiger partial charge in [0.2, 0.25) is 0 Å². The molecule has 1 aromatic carbocycles. The fraction of sp³-hybridized carbons (Fsp3) is 0.300. The largest absolute Gasteiger partial charge is 0.367 e. The average Bonchev–Trinajstić information content (AvgIpc) is 3.62. The Hall–Kier alpha value is -4.35. The van der Waals surface area contributed by atoms with Gasteiger partial charge >= 0.3 is 0 Å². The summed E-state index contributed by atoms with van der Waals surface area (Å²) >= 11 is 0. The Morgan fingerprint density at radius 3 is 2.54 bits per heavy atom. The van der Waals surface area contributed by atoms with E-state index in [1.165, 1.54) is 6.07 Å². The third kappa shape index (κ3) is 4.60. The van der Waals surface area contributed by atoms with Crippen LogP contribution in [0.25, 0.3) is 38.8 Å². The minimum absolute atomic E-state index is 0.0215. The van der Waals surface area contributed by atoms with Crippen molar-refractivity contribution in [2.24, 2.45) is 0 Å². The summed E-state index contributed by atoms with van der Waals surface area (Å²) in [5.74, 6) is -1.73. The summed E-state index contributed by atoms with van der Waals surface area (Å²) in [7, 11) is 2.06. The molecular weight excluding hydrogens is 526 g/mol. The molecule has 9 nitrogen and oxygen atoms in total. The minimum Gasteiger partial charge on any atom is -0.367 e. The van der Waals surface area contributed by atoms with E-state index in [1.807, 2.05) is 40.4 Å². The topological polar surface area (TPSA) is 84.8 Å². The highest BCUT2D eigenvalue weighted by atomic mass is 19.2. The van der Waals surface area contributed by atoms with Gasteiger partial charge in [-0.3, -0.25) is 4.79 Å². The molecule has 11 heteroatoms. The molecule has 0 unspecified atom stereocenters. The summed E-state index contributed by atoms with van der Waals surface area (Å²) in [5.41, 5.74) is 5.26. The maximum absolute atomic E-state index is 14.8. The van der Waals surface area contributed by atoms with Gasteiger partial charge in [0.15, 0.2) is 11.6 Å². The molecule has 2 N–H and O–H groups in total. The first-order valence-electron chi connectivity index (χ1n) is 13.8. The molecule has 6 heterocycles. The van der Waals surface area contributed by atoms with Crippen LogP contribution in [0.2, 0.25) is 0 Å². The van der Waals surface area contributed by atoms with Gasteiger partial charge in [-0.2, -0.15) is 5.10 Å². The highest BCUT2D eigenvalue weighted by Gasteiger charge is 2.24. The highest BCUT2D eigenvalue weighted by molar-refractivity contribution is 6.02. The van der Waals surface area contributed by atoms with Gasteiger partial charge in [0, 0.05) is 87.5 Å². The zero-order valence-corrected chi connectivity index (χ0v) is 22.7. The molecule has 0 radical (unpaired) electrons. The third-order valence-corrected chi connectivity index (χ3v) is 8.18. The maximum atomic E-state index is 14.8. The van der Waals surface area contributed by atoms with Crippen LogP contribution in [0, 0.1) is 11.6 Å². The first kappa shape index (κ1) is 25.6. The number of halogens is 2. The Balaban J connectivity index is 1.26. The van der Waals surface area contributed by atoms with Gasteiger partial charge in [0.05, 0.1) is 23.0 Å². The number of hydrogen-bond donors (Lipinski definition) is 2. The monoisotopic (exact) mass is 556 g/mol. The molecule has 2 aliphatic rings. The van der Waals surface area contributed by atoms with Crippen molar-refractivity contribution < 1.29 is 13.6 Å². The predicted octanol–water partition coefficient (Wildman–Crippen LogP) is 3.62. The normalized spacial score (nSPS) is 16.7. The van der Waals surface area contributed by atoms with Crippen LogP contribution in [-0.2, 0) is 0 Å². The molecule has 0 atom stereocenters. The number of amides is 1. The summed E-state index contributed by atoms with van der Waals surface area (Å²) in [5, 5.41) is 8.50. The van der Waals surface area contributed by atoms with Crippen LogP contribution in [-0.4, -0.2) is 94.7 Å². The van der Waals surface area contributed by atoms with E-state index in [1.54, 1.807) is 23.0 Å². The Morgan fingerprint density at radius 2 is 1.73 bits per heavy atom. The van der Waals surface area contributed by atoms with E-state index in [2.05, 4.69) is 32.3 Å². The summed E-state index contributed by atoms with van der Waals surface area (Å²) in [6.07, 6.45) is 7.02. The number of piperazine rings is 2. The first-order chi connectivity index (χ1) is 20.0. The van der Waals surface area contributed by atoms with Crippen molar-refractivity contribution in [2.75, 3.05) is 64.3 Å². The van der Waals surface area contributed by atoms with E-state index in [0.717, 1.165) is 48.2 Å². The number of anilines is 1. The molecule has 2 aliphatic heterocycles. The quantitative estimate of drug-likeness (QED) is 0.352. The van der Waals surface area contributed by atoms with E-state index in [-0.39, 0.29) is 11.6 Å². The molecule has 0 bridgehead atoms. The van der Waals surface area contributed by atoms with Gasteiger partial charge in [0.25, 0.3) is 5.91 Å². The number of likely N-dealkylation sites (N-methyl/N-ethyl adjacent to an activating group) is 1. The van der Waals surface area contributed by atoms with E-state index in [9.17, 15) is 13.6 Å². The summed E-state index contributed by atoms with van der Waals surface area (Å²) < 4.78 is 31.3. The SMILES string of the molecule is CN1CCN(C(=O)c2cnn3ccc(-c4c[nH]c5ncc(-c6cc(F)c(F)c(N7CCNCC7)c6)cc45)cc23)CC1. The highest BCUT2D eigenvalue weighted by Crippen LogP contribution is 2.34. The smallest absolute Gasteiger partial charge is 0.257 e. The number of aromatic nitrogens is 4. The molecule has 7 rings (SSSR count). The molecule has 1 amide bonds. The molecule has 0 saturated carbocycles. The number of hydrogen-bond acceptors (Lipinski definition) is 6. The molecule has 210 valence electrons. The van der Waals surface area contributed by atoms with Crippen molar-refractivity contribution in [1.29, 1.82) is 0 Å². The van der Waals surface area contributed by atoms with Gasteiger partial charge in [-0.05, 0) is 48.5 Å². The Kier molecular flexibility index (Phi) is 6.40. The number of rotatable bonds is 4. The Labute approximate surface area is 235 Å². The molecular formula is C30H30F2N8O. The van der Waals surface area contributed by atoms with Crippen molar-refractivity contribution in [3.63, 3.8) is 0 Å². The number of nitrogens with zero attached hydrogens (tertiary/aromatic N) is 6. The zero-order valence-electron chi connectivity index (χ0n) is 22.7. The summed E-state index contributed by atoms with van der Waals surface area (Å²) in [4.78, 5) is 27.1. The Bertz CT molecular complexity index is 1770. The number of pyridine rings is 2. The number of carbonyl (C=O) groups excluding carboxylic acids is 1. The second kappa shape index (κ2) is 10.2. The second-order valence-corrected chi connectivity index (χ2v) is 10.7. The Morgan fingerprint density at radius 1 is 0.927 bits per heavy atom. The van der Waals surface area contributed by atoms with Gasteiger partial charge in [-0.1, -0.05) is 0 Å². The predicted molar refractivity (Wildman–Crippen MR) is 154 cm³/mol. The van der Waals surface area contributed by atoms with Crippen LogP contribution in [0.15, 0.2) is 55.1 Å². The van der Waals surface area contributed by atoms with Crippen LogP contribution in [0.3, 0.4) is 0 Å². The minimum atomic E-state index is -0.880. The van der Waals surface area contributed by atoms with Crippen LogP contribution in [0.1, 0.15) is 10.4 Å². The lowest BCUT2D eigenvalue weighted by Crippen LogP contribution is -2.47. The van der Waals surface area contributed by atoms with E-state index < -0.39 is 11.6 Å². The zero-order chi connectivity index (χ0) is 28.1. The lowest BCUT2D eigenvalue weighted by atomic mass is 10.0. The summed E-state index contributed by atoms with van der Waals surface area (Å²) in [6.45, 7) is 5.70. The van der Waals surface area contributed by atoms with Crippen molar-refractivity contribution in [3.8, 4) is 22.3 Å².